The van der Waals surface area contributed by atoms with Crippen LogP contribution in [-0.2, 0) is 4.79 Å². The zero-order valence-electron chi connectivity index (χ0n) is 11.7. The van der Waals surface area contributed by atoms with Gasteiger partial charge in [0, 0.05) is 19.1 Å². The number of hydrogen-bond acceptors (Lipinski definition) is 3. The first kappa shape index (κ1) is 15.5. The monoisotopic (exact) mass is 265 g/mol. The van der Waals surface area contributed by atoms with Crippen molar-refractivity contribution >= 4 is 5.91 Å². The Labute approximate surface area is 114 Å². The van der Waals surface area contributed by atoms with E-state index in [-0.39, 0.29) is 18.6 Å². The maximum Gasteiger partial charge on any atom is 0.220 e. The Morgan fingerprint density at radius 1 is 1.47 bits per heavy atom. The molecule has 1 aromatic carbocycles. The SMILES string of the molecule is Cc1cccc(OCCCC(=O)NC(C)CCO)c1. The summed E-state index contributed by atoms with van der Waals surface area (Å²) in [5, 5.41) is 11.6. The first-order valence-corrected chi connectivity index (χ1v) is 6.71. The molecule has 4 nitrogen and oxygen atoms in total. The second kappa shape index (κ2) is 8.53. The summed E-state index contributed by atoms with van der Waals surface area (Å²) in [7, 11) is 0. The molecule has 0 aliphatic rings. The highest BCUT2D eigenvalue weighted by Crippen LogP contribution is 2.12. The van der Waals surface area contributed by atoms with E-state index in [0.717, 1.165) is 11.3 Å². The van der Waals surface area contributed by atoms with E-state index >= 15 is 0 Å². The molecule has 0 aliphatic heterocycles. The van der Waals surface area contributed by atoms with Crippen LogP contribution < -0.4 is 10.1 Å². The molecule has 0 heterocycles. The Balaban J connectivity index is 2.15. The van der Waals surface area contributed by atoms with Gasteiger partial charge in [-0.15, -0.1) is 0 Å². The van der Waals surface area contributed by atoms with E-state index in [2.05, 4.69) is 5.32 Å². The van der Waals surface area contributed by atoms with Gasteiger partial charge in [-0.25, -0.2) is 0 Å². The smallest absolute Gasteiger partial charge is 0.220 e. The number of ether oxygens (including phenoxy) is 1. The van der Waals surface area contributed by atoms with Gasteiger partial charge in [-0.2, -0.15) is 0 Å². The zero-order chi connectivity index (χ0) is 14.1. The second-order valence-corrected chi connectivity index (χ2v) is 4.75. The van der Waals surface area contributed by atoms with Crippen molar-refractivity contribution in [1.29, 1.82) is 0 Å². The standard InChI is InChI=1S/C15H23NO3/c1-12-5-3-6-14(11-12)19-10-4-7-15(18)16-13(2)8-9-17/h3,5-6,11,13,17H,4,7-10H2,1-2H3,(H,16,18). The summed E-state index contributed by atoms with van der Waals surface area (Å²) in [6, 6.07) is 7.88. The highest BCUT2D eigenvalue weighted by atomic mass is 16.5. The third kappa shape index (κ3) is 6.82. The van der Waals surface area contributed by atoms with Crippen molar-refractivity contribution in [3.8, 4) is 5.75 Å². The number of aliphatic hydroxyl groups is 1. The number of amides is 1. The number of aliphatic hydroxyl groups excluding tert-OH is 1. The van der Waals surface area contributed by atoms with Gasteiger partial charge in [-0.1, -0.05) is 12.1 Å². The van der Waals surface area contributed by atoms with E-state index in [9.17, 15) is 4.79 Å². The molecule has 0 saturated heterocycles. The van der Waals surface area contributed by atoms with E-state index < -0.39 is 0 Å². The average molecular weight is 265 g/mol. The van der Waals surface area contributed by atoms with Crippen molar-refractivity contribution in [2.75, 3.05) is 13.2 Å². The lowest BCUT2D eigenvalue weighted by Crippen LogP contribution is -2.33. The summed E-state index contributed by atoms with van der Waals surface area (Å²) in [5.74, 6) is 0.850. The Morgan fingerprint density at radius 2 is 2.26 bits per heavy atom. The number of carbonyl (C=O) groups excluding carboxylic acids is 1. The van der Waals surface area contributed by atoms with Gasteiger partial charge in [0.1, 0.15) is 5.75 Å². The van der Waals surface area contributed by atoms with E-state index in [1.165, 1.54) is 0 Å². The van der Waals surface area contributed by atoms with Gasteiger partial charge in [-0.3, -0.25) is 4.79 Å². The Hall–Kier alpha value is -1.55. The normalized spacial score (nSPS) is 11.9. The number of nitrogens with one attached hydrogen (secondary N) is 1. The molecule has 1 rings (SSSR count). The lowest BCUT2D eigenvalue weighted by atomic mass is 10.2. The molecule has 106 valence electrons. The van der Waals surface area contributed by atoms with Crippen LogP contribution in [0, 0.1) is 6.92 Å². The fourth-order valence-corrected chi connectivity index (χ4v) is 1.74. The van der Waals surface area contributed by atoms with E-state index in [1.807, 2.05) is 38.1 Å². The molecule has 1 atom stereocenters. The van der Waals surface area contributed by atoms with Gasteiger partial charge in [0.2, 0.25) is 5.91 Å². The van der Waals surface area contributed by atoms with Crippen LogP contribution in [0.2, 0.25) is 0 Å². The minimum atomic E-state index is 0.00814. The Bertz CT molecular complexity index is 393. The van der Waals surface area contributed by atoms with Crippen LogP contribution in [0.15, 0.2) is 24.3 Å². The van der Waals surface area contributed by atoms with Crippen molar-refractivity contribution < 1.29 is 14.6 Å². The molecule has 0 spiro atoms. The first-order chi connectivity index (χ1) is 9.11. The number of carbonyl (C=O) groups is 1. The Kier molecular flexibility index (Phi) is 6.97. The lowest BCUT2D eigenvalue weighted by molar-refractivity contribution is -0.122. The van der Waals surface area contributed by atoms with Gasteiger partial charge in [-0.05, 0) is 44.4 Å². The summed E-state index contributed by atoms with van der Waals surface area (Å²) >= 11 is 0. The van der Waals surface area contributed by atoms with Crippen LogP contribution in [-0.4, -0.2) is 30.3 Å². The number of aryl methyl sites for hydroxylation is 1. The minimum absolute atomic E-state index is 0.00814. The van der Waals surface area contributed by atoms with Crippen molar-refractivity contribution in [2.24, 2.45) is 0 Å². The van der Waals surface area contributed by atoms with Gasteiger partial charge in [0.05, 0.1) is 6.61 Å². The molecular weight excluding hydrogens is 242 g/mol. The first-order valence-electron chi connectivity index (χ1n) is 6.71. The van der Waals surface area contributed by atoms with E-state index in [4.69, 9.17) is 9.84 Å². The molecule has 1 amide bonds. The molecule has 0 fully saturated rings. The lowest BCUT2D eigenvalue weighted by Gasteiger charge is -2.12. The maximum atomic E-state index is 11.5. The number of benzene rings is 1. The highest BCUT2D eigenvalue weighted by Gasteiger charge is 2.06. The molecule has 0 aliphatic carbocycles. The fourth-order valence-electron chi connectivity index (χ4n) is 1.74. The number of rotatable bonds is 8. The molecular formula is C15H23NO3. The molecule has 0 bridgehead atoms. The van der Waals surface area contributed by atoms with E-state index in [1.54, 1.807) is 0 Å². The summed E-state index contributed by atoms with van der Waals surface area (Å²) in [6.45, 7) is 4.53. The summed E-state index contributed by atoms with van der Waals surface area (Å²) in [5.41, 5.74) is 1.16. The predicted molar refractivity (Wildman–Crippen MR) is 75.2 cm³/mol. The van der Waals surface area contributed by atoms with Gasteiger partial charge >= 0.3 is 0 Å². The third-order valence-corrected chi connectivity index (χ3v) is 2.78. The Morgan fingerprint density at radius 3 is 2.95 bits per heavy atom. The highest BCUT2D eigenvalue weighted by molar-refractivity contribution is 5.76. The van der Waals surface area contributed by atoms with Crippen LogP contribution in [0.1, 0.15) is 31.7 Å². The summed E-state index contributed by atoms with van der Waals surface area (Å²) in [4.78, 5) is 11.5. The molecule has 1 aromatic rings. The van der Waals surface area contributed by atoms with Crippen LogP contribution in [0.5, 0.6) is 5.75 Å². The molecule has 1 unspecified atom stereocenters. The average Bonchev–Trinajstić information content (AvgIpc) is 2.35. The van der Waals surface area contributed by atoms with Gasteiger partial charge in [0.15, 0.2) is 0 Å². The summed E-state index contributed by atoms with van der Waals surface area (Å²) < 4.78 is 5.57. The van der Waals surface area contributed by atoms with Crippen molar-refractivity contribution in [3.63, 3.8) is 0 Å². The quantitative estimate of drug-likeness (QED) is 0.707. The number of hydrogen-bond donors (Lipinski definition) is 2. The van der Waals surface area contributed by atoms with Gasteiger partial charge < -0.3 is 15.2 Å². The largest absolute Gasteiger partial charge is 0.494 e. The third-order valence-electron chi connectivity index (χ3n) is 2.78. The molecule has 4 heteroatoms. The maximum absolute atomic E-state index is 11.5. The summed E-state index contributed by atoms with van der Waals surface area (Å²) in [6.07, 6.45) is 1.72. The topological polar surface area (TPSA) is 58.6 Å². The van der Waals surface area contributed by atoms with Crippen LogP contribution in [0.3, 0.4) is 0 Å². The second-order valence-electron chi connectivity index (χ2n) is 4.75. The van der Waals surface area contributed by atoms with Crippen LogP contribution >= 0.6 is 0 Å². The minimum Gasteiger partial charge on any atom is -0.494 e. The van der Waals surface area contributed by atoms with Crippen molar-refractivity contribution in [2.45, 2.75) is 39.2 Å². The van der Waals surface area contributed by atoms with Crippen LogP contribution in [0.4, 0.5) is 0 Å². The molecule has 0 aromatic heterocycles. The predicted octanol–water partition coefficient (Wildman–Crippen LogP) is 2.04. The van der Waals surface area contributed by atoms with Crippen molar-refractivity contribution in [3.05, 3.63) is 29.8 Å². The van der Waals surface area contributed by atoms with E-state index in [0.29, 0.717) is 25.9 Å². The zero-order valence-corrected chi connectivity index (χ0v) is 11.7. The fraction of sp³-hybridized carbons (Fsp3) is 0.533. The molecule has 19 heavy (non-hydrogen) atoms. The van der Waals surface area contributed by atoms with Gasteiger partial charge in [0.25, 0.3) is 0 Å². The molecule has 0 radical (unpaired) electrons. The van der Waals surface area contributed by atoms with Crippen molar-refractivity contribution in [1.82, 2.24) is 5.32 Å². The molecule has 0 saturated carbocycles. The van der Waals surface area contributed by atoms with Crippen LogP contribution in [0.25, 0.3) is 0 Å². The molecule has 2 N–H and O–H groups in total.